The number of piperidine rings is 2. The number of nitrogens with zero attached hydrogens (tertiary/aromatic N) is 1. The Morgan fingerprint density at radius 2 is 2.13 bits per heavy atom. The Bertz CT molecular complexity index is 662. The second kappa shape index (κ2) is 3.32. The topological polar surface area (TPSA) is 43.7 Å². The first-order valence-corrected chi connectivity index (χ1v) is 9.81. The summed E-state index contributed by atoms with van der Waals surface area (Å²) in [5.74, 6) is 2.35. The highest BCUT2D eigenvalue weighted by molar-refractivity contribution is 5.41. The van der Waals surface area contributed by atoms with Crippen molar-refractivity contribution in [2.75, 3.05) is 13.2 Å². The fraction of sp³-hybridized carbons (Fsp3) is 0.900. The van der Waals surface area contributed by atoms with E-state index in [0.717, 1.165) is 18.5 Å². The van der Waals surface area contributed by atoms with E-state index < -0.39 is 0 Å². The molecule has 11 atom stereocenters. The lowest BCUT2D eigenvalue weighted by Gasteiger charge is -2.64. The molecule has 9 aliphatic rings. The SMILES string of the molecule is C=C1C[C@@]23C[C@H]4[C@@H]5[C@@]6(CO)CCC[C@@]57[C@@H]2[C@H](O)[C@@H]1C[C@@H]3[C@H]7N4C6. The molecule has 9 fully saturated rings. The molecule has 6 aliphatic carbocycles. The van der Waals surface area contributed by atoms with E-state index in [1.54, 1.807) is 0 Å². The van der Waals surface area contributed by atoms with Gasteiger partial charge in [-0.05, 0) is 60.7 Å². The maximum absolute atomic E-state index is 11.3. The molecule has 0 radical (unpaired) electrons. The van der Waals surface area contributed by atoms with E-state index in [1.165, 1.54) is 44.1 Å². The highest BCUT2D eigenvalue weighted by Crippen LogP contribution is 2.87. The van der Waals surface area contributed by atoms with E-state index in [9.17, 15) is 10.2 Å². The van der Waals surface area contributed by atoms with Gasteiger partial charge in [0, 0.05) is 30.0 Å². The standard InChI is InChI=1S/C20H27NO2/c1-10-6-19-7-13-15-18(9-22)3-2-4-20(15)16(19)14(23)11(10)5-12(19)17(20)21(13)8-18/h11-17,22-23H,1-9H2/t11-,12-,13+,14-,15-,16-,17-,18+,19+,20+/m1/s1. The van der Waals surface area contributed by atoms with E-state index in [0.29, 0.717) is 41.2 Å². The van der Waals surface area contributed by atoms with E-state index in [1.807, 2.05) is 0 Å². The van der Waals surface area contributed by atoms with Gasteiger partial charge in [-0.1, -0.05) is 18.6 Å². The summed E-state index contributed by atoms with van der Waals surface area (Å²) >= 11 is 0. The third-order valence-corrected chi connectivity index (χ3v) is 10.3. The summed E-state index contributed by atoms with van der Waals surface area (Å²) in [6.45, 7) is 5.89. The van der Waals surface area contributed by atoms with E-state index in [4.69, 9.17) is 0 Å². The first-order valence-electron chi connectivity index (χ1n) is 9.81. The van der Waals surface area contributed by atoms with Gasteiger partial charge in [0.05, 0.1) is 12.7 Å². The largest absolute Gasteiger partial charge is 0.396 e. The molecular weight excluding hydrogens is 286 g/mol. The predicted molar refractivity (Wildman–Crippen MR) is 85.5 cm³/mol. The monoisotopic (exact) mass is 313 g/mol. The van der Waals surface area contributed by atoms with Crippen molar-refractivity contribution < 1.29 is 10.2 Å². The lowest BCUT2D eigenvalue weighted by Crippen LogP contribution is -2.64. The smallest absolute Gasteiger partial charge is 0.0645 e. The number of aliphatic hydroxyl groups excluding tert-OH is 2. The second-order valence-corrected chi connectivity index (χ2v) is 10.3. The molecule has 3 heterocycles. The van der Waals surface area contributed by atoms with Gasteiger partial charge in [-0.3, -0.25) is 4.90 Å². The van der Waals surface area contributed by atoms with Crippen molar-refractivity contribution >= 4 is 0 Å². The van der Waals surface area contributed by atoms with Crippen molar-refractivity contribution in [2.24, 2.45) is 39.9 Å². The van der Waals surface area contributed by atoms with Gasteiger partial charge in [-0.15, -0.1) is 0 Å². The van der Waals surface area contributed by atoms with Gasteiger partial charge in [0.15, 0.2) is 0 Å². The van der Waals surface area contributed by atoms with Crippen LogP contribution >= 0.6 is 0 Å². The van der Waals surface area contributed by atoms with Gasteiger partial charge in [0.2, 0.25) is 0 Å². The number of rotatable bonds is 1. The molecule has 0 amide bonds. The van der Waals surface area contributed by atoms with E-state index >= 15 is 0 Å². The minimum atomic E-state index is -0.145. The molecule has 6 saturated carbocycles. The molecular formula is C20H27NO2. The maximum atomic E-state index is 11.3. The minimum absolute atomic E-state index is 0.145. The van der Waals surface area contributed by atoms with E-state index in [-0.39, 0.29) is 11.5 Å². The summed E-state index contributed by atoms with van der Waals surface area (Å²) in [5.41, 5.74) is 2.22. The van der Waals surface area contributed by atoms with Crippen molar-refractivity contribution in [1.82, 2.24) is 4.90 Å². The summed E-state index contributed by atoms with van der Waals surface area (Å²) in [7, 11) is 0. The van der Waals surface area contributed by atoms with Crippen LogP contribution in [0, 0.1) is 39.9 Å². The molecule has 124 valence electrons. The molecule has 0 aromatic heterocycles. The number of aliphatic hydroxyl groups is 2. The van der Waals surface area contributed by atoms with Crippen LogP contribution in [0.1, 0.15) is 38.5 Å². The van der Waals surface area contributed by atoms with Crippen LogP contribution in [-0.4, -0.2) is 46.5 Å². The van der Waals surface area contributed by atoms with Gasteiger partial charge < -0.3 is 10.2 Å². The molecule has 2 N–H and O–H groups in total. The van der Waals surface area contributed by atoms with Crippen LogP contribution in [-0.2, 0) is 0 Å². The van der Waals surface area contributed by atoms with Crippen molar-refractivity contribution in [1.29, 1.82) is 0 Å². The third-order valence-electron chi connectivity index (χ3n) is 10.3. The van der Waals surface area contributed by atoms with Crippen molar-refractivity contribution in [3.05, 3.63) is 12.2 Å². The number of fused-ring (bicyclic) bond motifs is 1. The van der Waals surface area contributed by atoms with Gasteiger partial charge in [0.1, 0.15) is 0 Å². The number of hydrogen-bond acceptors (Lipinski definition) is 3. The zero-order valence-corrected chi connectivity index (χ0v) is 13.7. The number of hydrogen-bond donors (Lipinski definition) is 2. The minimum Gasteiger partial charge on any atom is -0.396 e. The summed E-state index contributed by atoms with van der Waals surface area (Å²) in [5, 5.41) is 21.7. The molecule has 23 heavy (non-hydrogen) atoms. The Kier molecular flexibility index (Phi) is 1.86. The Labute approximate surface area is 137 Å². The Morgan fingerprint density at radius 1 is 1.26 bits per heavy atom. The fourth-order valence-corrected chi connectivity index (χ4v) is 10.5. The average Bonchev–Trinajstić information content (AvgIpc) is 2.98. The Balaban J connectivity index is 1.52. The highest BCUT2D eigenvalue weighted by atomic mass is 16.3. The molecule has 2 spiro atoms. The molecule has 9 rings (SSSR count). The summed E-state index contributed by atoms with van der Waals surface area (Å²) < 4.78 is 0. The van der Waals surface area contributed by atoms with Crippen molar-refractivity contribution in [3.8, 4) is 0 Å². The molecule has 3 heteroatoms. The Morgan fingerprint density at radius 3 is 2.96 bits per heavy atom. The van der Waals surface area contributed by atoms with Crippen LogP contribution in [0.5, 0.6) is 0 Å². The predicted octanol–water partition coefficient (Wildman–Crippen LogP) is 1.79. The zero-order valence-electron chi connectivity index (χ0n) is 13.7. The zero-order chi connectivity index (χ0) is 15.4. The second-order valence-electron chi connectivity index (χ2n) is 10.3. The van der Waals surface area contributed by atoms with Crippen LogP contribution in [0.25, 0.3) is 0 Å². The normalized spacial score (nSPS) is 72.3. The van der Waals surface area contributed by atoms with Gasteiger partial charge in [-0.25, -0.2) is 0 Å². The lowest BCUT2D eigenvalue weighted by molar-refractivity contribution is -0.180. The summed E-state index contributed by atoms with van der Waals surface area (Å²) in [6, 6.07) is 1.43. The van der Waals surface area contributed by atoms with Gasteiger partial charge in [0.25, 0.3) is 0 Å². The van der Waals surface area contributed by atoms with Crippen LogP contribution in [0.2, 0.25) is 0 Å². The summed E-state index contributed by atoms with van der Waals surface area (Å²) in [4.78, 5) is 2.85. The molecule has 3 aliphatic heterocycles. The van der Waals surface area contributed by atoms with Gasteiger partial charge in [-0.2, -0.15) is 0 Å². The van der Waals surface area contributed by atoms with Crippen LogP contribution < -0.4 is 0 Å². The molecule has 0 aromatic carbocycles. The van der Waals surface area contributed by atoms with Crippen molar-refractivity contribution in [2.45, 2.75) is 56.7 Å². The summed E-state index contributed by atoms with van der Waals surface area (Å²) in [6.07, 6.45) is 7.34. The van der Waals surface area contributed by atoms with Crippen LogP contribution in [0.4, 0.5) is 0 Å². The average molecular weight is 313 g/mol. The third kappa shape index (κ3) is 0.950. The van der Waals surface area contributed by atoms with E-state index in [2.05, 4.69) is 11.5 Å². The molecule has 1 unspecified atom stereocenters. The first kappa shape index (κ1) is 12.9. The van der Waals surface area contributed by atoms with Crippen LogP contribution in [0.3, 0.4) is 0 Å². The molecule has 3 saturated heterocycles. The Hall–Kier alpha value is -0.380. The lowest BCUT2D eigenvalue weighted by atomic mass is 9.40. The maximum Gasteiger partial charge on any atom is 0.0645 e. The molecule has 0 aromatic rings. The highest BCUT2D eigenvalue weighted by Gasteiger charge is 2.88. The molecule has 3 nitrogen and oxygen atoms in total. The fourth-order valence-electron chi connectivity index (χ4n) is 10.5. The van der Waals surface area contributed by atoms with Gasteiger partial charge >= 0.3 is 0 Å². The first-order chi connectivity index (χ1) is 11.1. The quantitative estimate of drug-likeness (QED) is 0.726. The van der Waals surface area contributed by atoms with Crippen LogP contribution in [0.15, 0.2) is 12.2 Å². The molecule has 9 bridgehead atoms. The van der Waals surface area contributed by atoms with Crippen molar-refractivity contribution in [3.63, 3.8) is 0 Å².